The molecule has 6 nitrogen and oxygen atoms in total. The maximum atomic E-state index is 12.8. The molecule has 0 aliphatic heterocycles. The van der Waals surface area contributed by atoms with Gasteiger partial charge in [0.1, 0.15) is 4.21 Å². The fourth-order valence-electron chi connectivity index (χ4n) is 2.10. The Kier molecular flexibility index (Phi) is 6.81. The van der Waals surface area contributed by atoms with E-state index in [1.807, 2.05) is 30.3 Å². The first-order valence-electron chi connectivity index (χ1n) is 7.14. The van der Waals surface area contributed by atoms with E-state index >= 15 is 0 Å². The predicted molar refractivity (Wildman–Crippen MR) is 95.8 cm³/mol. The summed E-state index contributed by atoms with van der Waals surface area (Å²) in [6.07, 6.45) is -0.142. The molecule has 2 rings (SSSR count). The standard InChI is InChI=1S/C15H18N2O4S3/c18-14(16-19)8-9-17(24(20,21)15-7-4-10-23-15)11-13(22)12-5-2-1-3-6-12/h1-7,10,13,19,22H,8-9,11H2,(H,16,18). The molecule has 2 aromatic rings. The van der Waals surface area contributed by atoms with Gasteiger partial charge in [0.15, 0.2) is 0 Å². The van der Waals surface area contributed by atoms with Gasteiger partial charge >= 0.3 is 0 Å². The lowest BCUT2D eigenvalue weighted by atomic mass is 10.1. The second-order valence-electron chi connectivity index (χ2n) is 5.01. The number of benzene rings is 1. The van der Waals surface area contributed by atoms with E-state index in [9.17, 15) is 13.2 Å². The van der Waals surface area contributed by atoms with E-state index in [0.717, 1.165) is 16.9 Å². The van der Waals surface area contributed by atoms with Crippen molar-refractivity contribution >= 4 is 39.9 Å². The van der Waals surface area contributed by atoms with Crippen LogP contribution in [0.3, 0.4) is 0 Å². The van der Waals surface area contributed by atoms with Gasteiger partial charge in [-0.15, -0.1) is 11.3 Å². The molecule has 1 amide bonds. The fraction of sp³-hybridized carbons (Fsp3) is 0.267. The van der Waals surface area contributed by atoms with Crippen LogP contribution in [0.25, 0.3) is 0 Å². The van der Waals surface area contributed by atoms with E-state index in [-0.39, 0.29) is 29.0 Å². The highest BCUT2D eigenvalue weighted by molar-refractivity contribution is 7.91. The first-order valence-corrected chi connectivity index (χ1v) is 9.98. The summed E-state index contributed by atoms with van der Waals surface area (Å²) in [6.45, 7) is 0.0720. The molecule has 0 aliphatic rings. The maximum Gasteiger partial charge on any atom is 0.252 e. The number of hydroxylamine groups is 1. The summed E-state index contributed by atoms with van der Waals surface area (Å²) in [6, 6.07) is 12.5. The molecule has 0 saturated carbocycles. The minimum Gasteiger partial charge on any atom is -0.289 e. The zero-order chi connectivity index (χ0) is 17.6. The van der Waals surface area contributed by atoms with Crippen LogP contribution in [-0.2, 0) is 14.8 Å². The van der Waals surface area contributed by atoms with E-state index in [0.29, 0.717) is 0 Å². The zero-order valence-corrected chi connectivity index (χ0v) is 15.2. The minimum absolute atomic E-state index is 0.0451. The normalized spacial score (nSPS) is 13.0. The van der Waals surface area contributed by atoms with Gasteiger partial charge in [-0.3, -0.25) is 10.0 Å². The number of thiol groups is 1. The SMILES string of the molecule is O=C(CCN(CC(S)c1ccccc1)S(=O)(=O)c1cccs1)NO. The van der Waals surface area contributed by atoms with E-state index in [4.69, 9.17) is 5.21 Å². The van der Waals surface area contributed by atoms with Crippen LogP contribution in [0.4, 0.5) is 0 Å². The summed E-state index contributed by atoms with van der Waals surface area (Å²) in [7, 11) is -3.72. The maximum absolute atomic E-state index is 12.8. The van der Waals surface area contributed by atoms with Crippen molar-refractivity contribution in [3.8, 4) is 0 Å². The smallest absolute Gasteiger partial charge is 0.252 e. The van der Waals surface area contributed by atoms with Gasteiger partial charge in [-0.05, 0) is 17.0 Å². The van der Waals surface area contributed by atoms with Crippen LogP contribution >= 0.6 is 24.0 Å². The molecule has 130 valence electrons. The summed E-state index contributed by atoms with van der Waals surface area (Å²) in [5.74, 6) is -0.642. The number of amides is 1. The molecule has 0 saturated heterocycles. The van der Waals surface area contributed by atoms with Gasteiger partial charge in [0.25, 0.3) is 10.0 Å². The number of carbonyl (C=O) groups excluding carboxylic acids is 1. The van der Waals surface area contributed by atoms with Gasteiger partial charge < -0.3 is 0 Å². The van der Waals surface area contributed by atoms with Crippen LogP contribution in [-0.4, -0.2) is 36.9 Å². The molecule has 24 heavy (non-hydrogen) atoms. The van der Waals surface area contributed by atoms with Crippen LogP contribution in [0, 0.1) is 0 Å². The number of rotatable bonds is 8. The molecular formula is C15H18N2O4S3. The van der Waals surface area contributed by atoms with Crippen molar-refractivity contribution in [2.75, 3.05) is 13.1 Å². The zero-order valence-electron chi connectivity index (χ0n) is 12.7. The molecule has 0 fully saturated rings. The molecule has 2 N–H and O–H groups in total. The van der Waals surface area contributed by atoms with Gasteiger partial charge in [-0.25, -0.2) is 13.9 Å². The Labute approximate surface area is 150 Å². The lowest BCUT2D eigenvalue weighted by Crippen LogP contribution is -2.36. The number of sulfonamides is 1. The second-order valence-corrected chi connectivity index (χ2v) is 8.74. The van der Waals surface area contributed by atoms with Crippen molar-refractivity contribution in [2.45, 2.75) is 15.9 Å². The predicted octanol–water partition coefficient (Wildman–Crippen LogP) is 2.31. The van der Waals surface area contributed by atoms with Gasteiger partial charge in [0.2, 0.25) is 5.91 Å². The molecule has 1 aromatic carbocycles. The van der Waals surface area contributed by atoms with Gasteiger partial charge in [-0.1, -0.05) is 36.4 Å². The van der Waals surface area contributed by atoms with Crippen molar-refractivity contribution < 1.29 is 18.4 Å². The molecule has 0 radical (unpaired) electrons. The topological polar surface area (TPSA) is 86.7 Å². The van der Waals surface area contributed by atoms with Gasteiger partial charge in [-0.2, -0.15) is 16.9 Å². The van der Waals surface area contributed by atoms with Gasteiger partial charge in [0.05, 0.1) is 0 Å². The molecule has 0 aliphatic carbocycles. The van der Waals surface area contributed by atoms with E-state index < -0.39 is 15.9 Å². The van der Waals surface area contributed by atoms with E-state index in [1.165, 1.54) is 15.9 Å². The summed E-state index contributed by atoms with van der Waals surface area (Å²) in [4.78, 5) is 11.3. The first-order chi connectivity index (χ1) is 11.4. The number of thiophene rings is 1. The Balaban J connectivity index is 2.21. The highest BCUT2D eigenvalue weighted by atomic mass is 32.2. The van der Waals surface area contributed by atoms with Crippen molar-refractivity contribution in [1.29, 1.82) is 0 Å². The average molecular weight is 387 g/mol. The Morgan fingerprint density at radius 3 is 2.54 bits per heavy atom. The van der Waals surface area contributed by atoms with Crippen molar-refractivity contribution in [3.05, 3.63) is 53.4 Å². The van der Waals surface area contributed by atoms with Crippen molar-refractivity contribution in [1.82, 2.24) is 9.79 Å². The largest absolute Gasteiger partial charge is 0.289 e. The van der Waals surface area contributed by atoms with Crippen molar-refractivity contribution in [2.24, 2.45) is 0 Å². The van der Waals surface area contributed by atoms with E-state index in [2.05, 4.69) is 12.6 Å². The summed E-state index contributed by atoms with van der Waals surface area (Å²) < 4.78 is 27.0. The average Bonchev–Trinajstić information content (AvgIpc) is 3.14. The molecule has 1 aromatic heterocycles. The number of hydrogen-bond donors (Lipinski definition) is 3. The Morgan fingerprint density at radius 2 is 1.96 bits per heavy atom. The first kappa shape index (κ1) is 18.9. The Bertz CT molecular complexity index is 748. The van der Waals surface area contributed by atoms with Gasteiger partial charge in [0, 0.05) is 24.8 Å². The number of nitrogens with one attached hydrogen (secondary N) is 1. The molecule has 1 unspecified atom stereocenters. The summed E-state index contributed by atoms with van der Waals surface area (Å²) in [5.41, 5.74) is 2.40. The highest BCUT2D eigenvalue weighted by Crippen LogP contribution is 2.26. The van der Waals surface area contributed by atoms with Crippen LogP contribution in [0.5, 0.6) is 0 Å². The van der Waals surface area contributed by atoms with Crippen LogP contribution in [0.2, 0.25) is 0 Å². The molecule has 1 heterocycles. The fourth-order valence-corrected chi connectivity index (χ4v) is 5.18. The lowest BCUT2D eigenvalue weighted by molar-refractivity contribution is -0.129. The van der Waals surface area contributed by atoms with Crippen molar-refractivity contribution in [3.63, 3.8) is 0 Å². The second kappa shape index (κ2) is 8.63. The monoisotopic (exact) mass is 386 g/mol. The molecule has 9 heteroatoms. The minimum atomic E-state index is -3.72. The summed E-state index contributed by atoms with van der Waals surface area (Å²) in [5, 5.41) is 9.96. The number of hydrogen-bond acceptors (Lipinski definition) is 6. The van der Waals surface area contributed by atoms with Crippen LogP contribution in [0.1, 0.15) is 17.2 Å². The van der Waals surface area contributed by atoms with E-state index in [1.54, 1.807) is 11.4 Å². The molecule has 0 bridgehead atoms. The Morgan fingerprint density at radius 1 is 1.25 bits per heavy atom. The Hall–Kier alpha value is -1.39. The van der Waals surface area contributed by atoms with Crippen LogP contribution < -0.4 is 5.48 Å². The van der Waals surface area contributed by atoms with Crippen LogP contribution in [0.15, 0.2) is 52.1 Å². The third-order valence-electron chi connectivity index (χ3n) is 3.36. The third kappa shape index (κ3) is 4.81. The number of carbonyl (C=O) groups is 1. The quantitative estimate of drug-likeness (QED) is 0.369. The third-order valence-corrected chi connectivity index (χ3v) is 7.06. The summed E-state index contributed by atoms with van der Waals surface area (Å²) >= 11 is 5.62. The number of nitrogens with zero attached hydrogens (tertiary/aromatic N) is 1. The highest BCUT2D eigenvalue weighted by Gasteiger charge is 2.28. The molecule has 0 spiro atoms. The molecular weight excluding hydrogens is 368 g/mol. The molecule has 1 atom stereocenters. The lowest BCUT2D eigenvalue weighted by Gasteiger charge is -2.24.